The number of likely N-dealkylation sites (N-methyl/N-ethyl adjacent to an activating group) is 1. The normalized spacial score (nSPS) is 15.7. The number of rotatable bonds is 3. The molecule has 1 aromatic carbocycles. The van der Waals surface area contributed by atoms with Crippen LogP contribution in [0.25, 0.3) is 0 Å². The van der Waals surface area contributed by atoms with Crippen LogP contribution in [0.3, 0.4) is 0 Å². The summed E-state index contributed by atoms with van der Waals surface area (Å²) in [5.41, 5.74) is 1.44. The summed E-state index contributed by atoms with van der Waals surface area (Å²) in [5.74, 6) is -0.0115. The van der Waals surface area contributed by atoms with Gasteiger partial charge in [0.25, 0.3) is 0 Å². The highest BCUT2D eigenvalue weighted by Crippen LogP contribution is 2.31. The fourth-order valence-corrected chi connectivity index (χ4v) is 3.99. The summed E-state index contributed by atoms with van der Waals surface area (Å²) in [6.07, 6.45) is 0.262. The monoisotopic (exact) mass is 310 g/mol. The largest absolute Gasteiger partial charge is 0.315 e. The molecule has 2 rings (SSSR count). The van der Waals surface area contributed by atoms with Crippen molar-refractivity contribution in [3.05, 3.63) is 23.8 Å². The van der Waals surface area contributed by atoms with Crippen molar-refractivity contribution >= 4 is 21.6 Å². The van der Waals surface area contributed by atoms with Crippen LogP contribution < -0.4 is 4.90 Å². The molecule has 1 aliphatic rings. The average Bonchev–Trinajstić information content (AvgIpc) is 2.62. The maximum absolute atomic E-state index is 12.6. The van der Waals surface area contributed by atoms with E-state index in [-0.39, 0.29) is 22.6 Å². The molecule has 1 heterocycles. The number of amides is 1. The summed E-state index contributed by atoms with van der Waals surface area (Å²) in [4.78, 5) is 13.5. The van der Waals surface area contributed by atoms with Gasteiger partial charge < -0.3 is 4.90 Å². The Balaban J connectivity index is 2.35. The molecule has 0 bridgehead atoms. The predicted molar refractivity (Wildman–Crippen MR) is 82.8 cm³/mol. The van der Waals surface area contributed by atoms with Gasteiger partial charge in [-0.2, -0.15) is 0 Å². The van der Waals surface area contributed by atoms with Crippen molar-refractivity contribution in [3.63, 3.8) is 0 Å². The molecule has 0 unspecified atom stereocenters. The first-order chi connectivity index (χ1) is 9.52. The van der Waals surface area contributed by atoms with Crippen LogP contribution in [0.2, 0.25) is 0 Å². The lowest BCUT2D eigenvalue weighted by Crippen LogP contribution is -2.34. The molecule has 1 aromatic rings. The Kier molecular flexibility index (Phi) is 3.88. The molecule has 6 heteroatoms. The number of sulfonamides is 1. The highest BCUT2D eigenvalue weighted by molar-refractivity contribution is 7.89. The van der Waals surface area contributed by atoms with E-state index in [9.17, 15) is 13.2 Å². The van der Waals surface area contributed by atoms with Crippen LogP contribution in [-0.4, -0.2) is 39.3 Å². The number of hydrogen-bond donors (Lipinski definition) is 0. The molecule has 21 heavy (non-hydrogen) atoms. The summed E-state index contributed by atoms with van der Waals surface area (Å²) in [7, 11) is -0.234. The van der Waals surface area contributed by atoms with Gasteiger partial charge in [0.1, 0.15) is 0 Å². The van der Waals surface area contributed by atoms with Crippen molar-refractivity contribution in [1.29, 1.82) is 0 Å². The van der Waals surface area contributed by atoms with Crippen molar-refractivity contribution in [1.82, 2.24) is 4.31 Å². The fourth-order valence-electron chi connectivity index (χ4n) is 2.54. The molecule has 0 N–H and O–H groups in total. The van der Waals surface area contributed by atoms with Gasteiger partial charge in [-0.05, 0) is 29.2 Å². The van der Waals surface area contributed by atoms with E-state index in [1.54, 1.807) is 37.2 Å². The van der Waals surface area contributed by atoms with Gasteiger partial charge in [0.05, 0.1) is 11.3 Å². The van der Waals surface area contributed by atoms with Gasteiger partial charge in [0.15, 0.2) is 0 Å². The third kappa shape index (κ3) is 3.11. The van der Waals surface area contributed by atoms with Crippen molar-refractivity contribution < 1.29 is 13.2 Å². The van der Waals surface area contributed by atoms with Crippen LogP contribution in [0.15, 0.2) is 23.1 Å². The number of fused-ring (bicyclic) bond motifs is 1. The van der Waals surface area contributed by atoms with E-state index >= 15 is 0 Å². The lowest BCUT2D eigenvalue weighted by Gasteiger charge is -2.26. The first-order valence-corrected chi connectivity index (χ1v) is 8.32. The molecule has 0 aliphatic carbocycles. The lowest BCUT2D eigenvalue weighted by atomic mass is 9.97. The quantitative estimate of drug-likeness (QED) is 0.856. The zero-order valence-electron chi connectivity index (χ0n) is 13.2. The van der Waals surface area contributed by atoms with E-state index in [1.165, 1.54) is 4.31 Å². The lowest BCUT2D eigenvalue weighted by molar-refractivity contribution is -0.117. The summed E-state index contributed by atoms with van der Waals surface area (Å²) in [6.45, 7) is 6.42. The molecule has 1 amide bonds. The molecular formula is C15H22N2O3S. The molecular weight excluding hydrogens is 288 g/mol. The van der Waals surface area contributed by atoms with Crippen LogP contribution in [-0.2, 0) is 21.2 Å². The van der Waals surface area contributed by atoms with Crippen molar-refractivity contribution in [2.45, 2.75) is 32.1 Å². The molecule has 0 saturated carbocycles. The predicted octanol–water partition coefficient (Wildman–Crippen LogP) is 1.87. The van der Waals surface area contributed by atoms with Gasteiger partial charge in [0.2, 0.25) is 15.9 Å². The Morgan fingerprint density at radius 1 is 1.29 bits per heavy atom. The average molecular weight is 310 g/mol. The second kappa shape index (κ2) is 5.10. The molecule has 0 aromatic heterocycles. The summed E-state index contributed by atoms with van der Waals surface area (Å²) >= 11 is 0. The number of nitrogens with zero attached hydrogens (tertiary/aromatic N) is 2. The van der Waals surface area contributed by atoms with Gasteiger partial charge in [-0.3, -0.25) is 4.79 Å². The molecule has 5 nitrogen and oxygen atoms in total. The van der Waals surface area contributed by atoms with E-state index < -0.39 is 10.0 Å². The Hall–Kier alpha value is -1.40. The maximum Gasteiger partial charge on any atom is 0.242 e. The highest BCUT2D eigenvalue weighted by atomic mass is 32.2. The van der Waals surface area contributed by atoms with E-state index in [2.05, 4.69) is 0 Å². The molecule has 0 saturated heterocycles. The smallest absolute Gasteiger partial charge is 0.242 e. The van der Waals surface area contributed by atoms with Crippen LogP contribution in [0.5, 0.6) is 0 Å². The van der Waals surface area contributed by atoms with Gasteiger partial charge in [-0.25, -0.2) is 12.7 Å². The second-order valence-corrected chi connectivity index (χ2v) is 8.79. The van der Waals surface area contributed by atoms with Crippen LogP contribution >= 0.6 is 0 Å². The topological polar surface area (TPSA) is 57.7 Å². The third-order valence-electron chi connectivity index (χ3n) is 3.53. The SMILES string of the molecule is CN1C(=O)Cc2cc(S(=O)(=O)N(C)CC(C)(C)C)ccc21. The fraction of sp³-hybridized carbons (Fsp3) is 0.533. The Morgan fingerprint density at radius 3 is 2.48 bits per heavy atom. The number of anilines is 1. The van der Waals surface area contributed by atoms with Crippen molar-refractivity contribution in [2.24, 2.45) is 5.41 Å². The maximum atomic E-state index is 12.6. The summed E-state index contributed by atoms with van der Waals surface area (Å²) in [6, 6.07) is 4.89. The van der Waals surface area contributed by atoms with E-state index in [1.807, 2.05) is 20.8 Å². The van der Waals surface area contributed by atoms with Crippen LogP contribution in [0, 0.1) is 5.41 Å². The number of carbonyl (C=O) groups excluding carboxylic acids is 1. The van der Waals surface area contributed by atoms with Gasteiger partial charge in [0, 0.05) is 26.3 Å². The minimum absolute atomic E-state index is 0.0115. The van der Waals surface area contributed by atoms with Crippen LogP contribution in [0.4, 0.5) is 5.69 Å². The molecule has 0 atom stereocenters. The van der Waals surface area contributed by atoms with Crippen LogP contribution in [0.1, 0.15) is 26.3 Å². The highest BCUT2D eigenvalue weighted by Gasteiger charge is 2.29. The molecule has 1 aliphatic heterocycles. The molecule has 0 fully saturated rings. The molecule has 116 valence electrons. The van der Waals surface area contributed by atoms with Gasteiger partial charge >= 0.3 is 0 Å². The number of benzene rings is 1. The standard InChI is InChI=1S/C15H22N2O3S/c1-15(2,3)10-16(4)21(19,20)12-6-7-13-11(8-12)9-14(18)17(13)5/h6-8H,9-10H2,1-5H3. The second-order valence-electron chi connectivity index (χ2n) is 6.74. The molecule has 0 radical (unpaired) electrons. The minimum Gasteiger partial charge on any atom is -0.315 e. The number of hydrogen-bond acceptors (Lipinski definition) is 3. The van der Waals surface area contributed by atoms with Crippen molar-refractivity contribution in [2.75, 3.05) is 25.5 Å². The first kappa shape index (κ1) is 16.0. The Bertz CT molecular complexity index is 675. The Labute approximate surface area is 126 Å². The van der Waals surface area contributed by atoms with Gasteiger partial charge in [-0.15, -0.1) is 0 Å². The first-order valence-electron chi connectivity index (χ1n) is 6.88. The van der Waals surface area contributed by atoms with E-state index in [4.69, 9.17) is 0 Å². The minimum atomic E-state index is -3.53. The van der Waals surface area contributed by atoms with E-state index in [0.29, 0.717) is 6.54 Å². The van der Waals surface area contributed by atoms with E-state index in [0.717, 1.165) is 11.3 Å². The Morgan fingerprint density at radius 2 is 1.90 bits per heavy atom. The zero-order valence-corrected chi connectivity index (χ0v) is 14.0. The molecule has 0 spiro atoms. The number of carbonyl (C=O) groups is 1. The van der Waals surface area contributed by atoms with Crippen molar-refractivity contribution in [3.8, 4) is 0 Å². The summed E-state index contributed by atoms with van der Waals surface area (Å²) in [5, 5.41) is 0. The zero-order chi connectivity index (χ0) is 16.0. The van der Waals surface area contributed by atoms with Gasteiger partial charge in [-0.1, -0.05) is 20.8 Å². The summed E-state index contributed by atoms with van der Waals surface area (Å²) < 4.78 is 26.6. The third-order valence-corrected chi connectivity index (χ3v) is 5.33.